The maximum absolute atomic E-state index is 12.2. The molecule has 0 heterocycles. The monoisotopic (exact) mass is 431 g/mol. The Labute approximate surface area is 187 Å². The zero-order valence-electron chi connectivity index (χ0n) is 18.2. The molecule has 0 saturated carbocycles. The van der Waals surface area contributed by atoms with Crippen LogP contribution in [0.5, 0.6) is 11.5 Å². The first-order valence-corrected chi connectivity index (χ1v) is 10.0. The molecule has 0 aliphatic heterocycles. The molecule has 164 valence electrons. The van der Waals surface area contributed by atoms with E-state index in [1.54, 1.807) is 30.3 Å². The summed E-state index contributed by atoms with van der Waals surface area (Å²) in [6, 6.07) is 19.9. The van der Waals surface area contributed by atoms with Crippen molar-refractivity contribution >= 4 is 23.7 Å². The number of anilines is 1. The molecule has 7 heteroatoms. The SMILES string of the molecule is COc1cc(/C=N\NC(=O)c2cccc(C)c2)ccc1OCC(=O)Nc1cccc(C)c1. The van der Waals surface area contributed by atoms with E-state index in [0.29, 0.717) is 28.3 Å². The lowest BCUT2D eigenvalue weighted by Gasteiger charge is -2.11. The number of aryl methyl sites for hydroxylation is 2. The first-order chi connectivity index (χ1) is 15.4. The van der Waals surface area contributed by atoms with Gasteiger partial charge in [-0.15, -0.1) is 0 Å². The van der Waals surface area contributed by atoms with Crippen molar-refractivity contribution in [3.05, 3.63) is 89.0 Å². The van der Waals surface area contributed by atoms with Gasteiger partial charge in [-0.25, -0.2) is 5.43 Å². The van der Waals surface area contributed by atoms with E-state index in [2.05, 4.69) is 15.8 Å². The smallest absolute Gasteiger partial charge is 0.271 e. The summed E-state index contributed by atoms with van der Waals surface area (Å²) in [6.45, 7) is 3.71. The van der Waals surface area contributed by atoms with Gasteiger partial charge in [0.2, 0.25) is 0 Å². The summed E-state index contributed by atoms with van der Waals surface area (Å²) in [5, 5.41) is 6.79. The lowest BCUT2D eigenvalue weighted by molar-refractivity contribution is -0.118. The Morgan fingerprint density at radius 1 is 0.938 bits per heavy atom. The van der Waals surface area contributed by atoms with E-state index in [9.17, 15) is 9.59 Å². The van der Waals surface area contributed by atoms with E-state index >= 15 is 0 Å². The number of carbonyl (C=O) groups excluding carboxylic acids is 2. The number of nitrogens with one attached hydrogen (secondary N) is 2. The summed E-state index contributed by atoms with van der Waals surface area (Å²) in [7, 11) is 1.51. The summed E-state index contributed by atoms with van der Waals surface area (Å²) >= 11 is 0. The van der Waals surface area contributed by atoms with Crippen LogP contribution in [0.3, 0.4) is 0 Å². The van der Waals surface area contributed by atoms with E-state index in [-0.39, 0.29) is 18.4 Å². The van der Waals surface area contributed by atoms with Gasteiger partial charge in [0.15, 0.2) is 18.1 Å². The van der Waals surface area contributed by atoms with Crippen molar-refractivity contribution in [1.82, 2.24) is 5.43 Å². The van der Waals surface area contributed by atoms with Crippen molar-refractivity contribution < 1.29 is 19.1 Å². The number of rotatable bonds is 8. The molecule has 0 saturated heterocycles. The molecule has 2 N–H and O–H groups in total. The van der Waals surface area contributed by atoms with Gasteiger partial charge >= 0.3 is 0 Å². The second-order valence-corrected chi connectivity index (χ2v) is 7.19. The molecule has 2 amide bonds. The van der Waals surface area contributed by atoms with Crippen LogP contribution in [0.15, 0.2) is 71.8 Å². The lowest BCUT2D eigenvalue weighted by atomic mass is 10.1. The first kappa shape index (κ1) is 22.6. The van der Waals surface area contributed by atoms with Crippen LogP contribution in [-0.4, -0.2) is 31.7 Å². The standard InChI is InChI=1S/C25H25N3O4/c1-17-6-4-8-20(12-17)25(30)28-26-15-19-10-11-22(23(14-19)31-3)32-16-24(29)27-21-9-5-7-18(2)13-21/h4-15H,16H2,1-3H3,(H,27,29)(H,28,30)/b26-15-. The zero-order valence-corrected chi connectivity index (χ0v) is 18.2. The van der Waals surface area contributed by atoms with Crippen LogP contribution < -0.4 is 20.2 Å². The summed E-state index contributed by atoms with van der Waals surface area (Å²) in [5.41, 5.74) is 6.49. The second kappa shape index (κ2) is 10.8. The minimum atomic E-state index is -0.295. The number of hydrogen-bond donors (Lipinski definition) is 2. The van der Waals surface area contributed by atoms with E-state index in [1.807, 2.05) is 50.2 Å². The Morgan fingerprint density at radius 3 is 2.41 bits per heavy atom. The number of hydrogen-bond acceptors (Lipinski definition) is 5. The predicted molar refractivity (Wildman–Crippen MR) is 125 cm³/mol. The number of amides is 2. The fraction of sp³-hybridized carbons (Fsp3) is 0.160. The van der Waals surface area contributed by atoms with Gasteiger partial charge in [-0.3, -0.25) is 9.59 Å². The maximum atomic E-state index is 12.2. The van der Waals surface area contributed by atoms with Gasteiger partial charge in [0, 0.05) is 11.3 Å². The third kappa shape index (κ3) is 6.43. The molecule has 7 nitrogen and oxygen atoms in total. The molecule has 3 aromatic rings. The maximum Gasteiger partial charge on any atom is 0.271 e. The van der Waals surface area contributed by atoms with Gasteiger partial charge in [-0.1, -0.05) is 29.8 Å². The van der Waals surface area contributed by atoms with Crippen LogP contribution >= 0.6 is 0 Å². The molecule has 0 fully saturated rings. The van der Waals surface area contributed by atoms with Crippen molar-refractivity contribution in [3.8, 4) is 11.5 Å². The third-order valence-electron chi connectivity index (χ3n) is 4.51. The first-order valence-electron chi connectivity index (χ1n) is 10.0. The van der Waals surface area contributed by atoms with E-state index in [4.69, 9.17) is 9.47 Å². The predicted octanol–water partition coefficient (Wildman–Crippen LogP) is 4.09. The normalized spacial score (nSPS) is 10.6. The number of ether oxygens (including phenoxy) is 2. The van der Waals surface area contributed by atoms with Crippen molar-refractivity contribution in [1.29, 1.82) is 0 Å². The highest BCUT2D eigenvalue weighted by molar-refractivity contribution is 5.95. The molecule has 3 aromatic carbocycles. The fourth-order valence-electron chi connectivity index (χ4n) is 2.96. The molecule has 0 radical (unpaired) electrons. The van der Waals surface area contributed by atoms with Gasteiger partial charge in [-0.05, 0) is 67.4 Å². The molecule has 0 aromatic heterocycles. The van der Waals surface area contributed by atoms with Crippen molar-refractivity contribution in [2.75, 3.05) is 19.0 Å². The van der Waals surface area contributed by atoms with Crippen LogP contribution in [0.4, 0.5) is 5.69 Å². The molecular weight excluding hydrogens is 406 g/mol. The second-order valence-electron chi connectivity index (χ2n) is 7.19. The highest BCUT2D eigenvalue weighted by atomic mass is 16.5. The average Bonchev–Trinajstić information content (AvgIpc) is 2.78. The molecule has 32 heavy (non-hydrogen) atoms. The quantitative estimate of drug-likeness (QED) is 0.415. The van der Waals surface area contributed by atoms with E-state index < -0.39 is 0 Å². The van der Waals surface area contributed by atoms with E-state index in [0.717, 1.165) is 11.1 Å². The van der Waals surface area contributed by atoms with Gasteiger partial charge in [0.25, 0.3) is 11.8 Å². The zero-order chi connectivity index (χ0) is 22.9. The summed E-state index contributed by atoms with van der Waals surface area (Å²) in [6.07, 6.45) is 1.50. The van der Waals surface area contributed by atoms with Crippen LogP contribution in [0.1, 0.15) is 27.0 Å². The van der Waals surface area contributed by atoms with Crippen molar-refractivity contribution in [2.24, 2.45) is 5.10 Å². The Bertz CT molecular complexity index is 1140. The number of hydrazone groups is 1. The lowest BCUT2D eigenvalue weighted by Crippen LogP contribution is -2.20. The topological polar surface area (TPSA) is 89.0 Å². The van der Waals surface area contributed by atoms with Gasteiger partial charge in [-0.2, -0.15) is 5.10 Å². The molecule has 0 aliphatic carbocycles. The van der Waals surface area contributed by atoms with Crippen LogP contribution in [0, 0.1) is 13.8 Å². The average molecular weight is 431 g/mol. The number of carbonyl (C=O) groups is 2. The summed E-state index contributed by atoms with van der Waals surface area (Å²) in [5.74, 6) is 0.300. The highest BCUT2D eigenvalue weighted by Crippen LogP contribution is 2.27. The highest BCUT2D eigenvalue weighted by Gasteiger charge is 2.09. The van der Waals surface area contributed by atoms with Gasteiger partial charge in [0.1, 0.15) is 0 Å². The number of benzene rings is 3. The molecule has 0 aliphatic rings. The fourth-order valence-corrected chi connectivity index (χ4v) is 2.96. The largest absolute Gasteiger partial charge is 0.493 e. The molecule has 3 rings (SSSR count). The van der Waals surface area contributed by atoms with Crippen molar-refractivity contribution in [2.45, 2.75) is 13.8 Å². The third-order valence-corrected chi connectivity index (χ3v) is 4.51. The summed E-state index contributed by atoms with van der Waals surface area (Å²) < 4.78 is 11.0. The molecule has 0 spiro atoms. The van der Waals surface area contributed by atoms with Crippen LogP contribution in [0.25, 0.3) is 0 Å². The Morgan fingerprint density at radius 2 is 1.69 bits per heavy atom. The molecule has 0 atom stereocenters. The number of nitrogens with zero attached hydrogens (tertiary/aromatic N) is 1. The Balaban J connectivity index is 1.57. The minimum absolute atomic E-state index is 0.162. The summed E-state index contributed by atoms with van der Waals surface area (Å²) in [4.78, 5) is 24.3. The van der Waals surface area contributed by atoms with Gasteiger partial charge < -0.3 is 14.8 Å². The Hall–Kier alpha value is -4.13. The van der Waals surface area contributed by atoms with Crippen LogP contribution in [-0.2, 0) is 4.79 Å². The minimum Gasteiger partial charge on any atom is -0.493 e. The Kier molecular flexibility index (Phi) is 7.59. The molecular formula is C25H25N3O4. The van der Waals surface area contributed by atoms with Gasteiger partial charge in [0.05, 0.1) is 13.3 Å². The van der Waals surface area contributed by atoms with Crippen LogP contribution in [0.2, 0.25) is 0 Å². The number of methoxy groups -OCH3 is 1. The van der Waals surface area contributed by atoms with E-state index in [1.165, 1.54) is 13.3 Å². The van der Waals surface area contributed by atoms with Crippen molar-refractivity contribution in [3.63, 3.8) is 0 Å². The molecule has 0 bridgehead atoms. The molecule has 0 unspecified atom stereocenters.